The fourth-order valence-corrected chi connectivity index (χ4v) is 3.66. The van der Waals surface area contributed by atoms with Crippen LogP contribution in [0.2, 0.25) is 0 Å². The Morgan fingerprint density at radius 2 is 1.53 bits per heavy atom. The summed E-state index contributed by atoms with van der Waals surface area (Å²) in [5, 5.41) is 10.6. The highest BCUT2D eigenvalue weighted by Crippen LogP contribution is 2.27. The molecule has 0 saturated heterocycles. The van der Waals surface area contributed by atoms with Crippen LogP contribution in [0.15, 0.2) is 54.6 Å². The van der Waals surface area contributed by atoms with E-state index in [4.69, 9.17) is 14.6 Å². The molecule has 3 aromatic rings. The second-order valence-corrected chi connectivity index (χ2v) is 10.6. The first-order chi connectivity index (χ1) is 18.0. The average molecular weight is 522 g/mol. The number of carbonyl (C=O) groups excluding carboxylic acids is 2. The van der Waals surface area contributed by atoms with Crippen molar-refractivity contribution < 1.29 is 19.1 Å². The highest BCUT2D eigenvalue weighted by Gasteiger charge is 2.23. The minimum Gasteiger partial charge on any atom is -0.497 e. The number of anilines is 2. The van der Waals surface area contributed by atoms with Crippen molar-refractivity contribution in [1.29, 1.82) is 0 Å². The largest absolute Gasteiger partial charge is 0.497 e. The van der Waals surface area contributed by atoms with Crippen molar-refractivity contribution in [3.63, 3.8) is 0 Å². The van der Waals surface area contributed by atoms with Crippen LogP contribution in [-0.4, -0.2) is 53.9 Å². The number of carbonyl (C=O) groups is 2. The lowest BCUT2D eigenvalue weighted by molar-refractivity contribution is -0.116. The van der Waals surface area contributed by atoms with Gasteiger partial charge in [-0.2, -0.15) is 5.10 Å². The van der Waals surface area contributed by atoms with Gasteiger partial charge in [0.15, 0.2) is 0 Å². The van der Waals surface area contributed by atoms with Gasteiger partial charge in [0.1, 0.15) is 23.9 Å². The van der Waals surface area contributed by atoms with E-state index in [1.165, 1.54) is 4.90 Å². The third-order valence-corrected chi connectivity index (χ3v) is 6.00. The summed E-state index contributed by atoms with van der Waals surface area (Å²) in [5.41, 5.74) is 2.01. The molecule has 0 aliphatic carbocycles. The third-order valence-electron chi connectivity index (χ3n) is 6.00. The van der Waals surface area contributed by atoms with E-state index in [-0.39, 0.29) is 23.9 Å². The Kier molecular flexibility index (Phi) is 9.39. The van der Waals surface area contributed by atoms with Gasteiger partial charge in [0.25, 0.3) is 0 Å². The van der Waals surface area contributed by atoms with Crippen LogP contribution in [0.3, 0.4) is 0 Å². The van der Waals surface area contributed by atoms with Gasteiger partial charge in [-0.3, -0.25) is 4.79 Å². The van der Waals surface area contributed by atoms with Crippen LogP contribution in [0, 0.1) is 5.92 Å². The minimum absolute atomic E-state index is 0.104. The van der Waals surface area contributed by atoms with Crippen LogP contribution in [0.25, 0.3) is 5.69 Å². The Morgan fingerprint density at radius 3 is 2.05 bits per heavy atom. The lowest BCUT2D eigenvalue weighted by Crippen LogP contribution is -2.41. The summed E-state index contributed by atoms with van der Waals surface area (Å²) in [5.74, 6) is 2.02. The fourth-order valence-electron chi connectivity index (χ4n) is 3.66. The molecule has 1 heterocycles. The van der Waals surface area contributed by atoms with Gasteiger partial charge in [-0.15, -0.1) is 0 Å². The van der Waals surface area contributed by atoms with E-state index in [1.807, 2.05) is 30.3 Å². The van der Waals surface area contributed by atoms with Crippen molar-refractivity contribution >= 4 is 23.4 Å². The zero-order valence-corrected chi connectivity index (χ0v) is 23.4. The van der Waals surface area contributed by atoms with Crippen LogP contribution in [0.5, 0.6) is 11.5 Å². The quantitative estimate of drug-likeness (QED) is 0.356. The number of ether oxygens (including phenoxy) is 2. The Morgan fingerprint density at radius 1 is 0.947 bits per heavy atom. The Bertz CT molecular complexity index is 1210. The Balaban J connectivity index is 1.80. The summed E-state index contributed by atoms with van der Waals surface area (Å²) in [6.45, 7) is 10.7. The van der Waals surface area contributed by atoms with Crippen molar-refractivity contribution in [1.82, 2.24) is 14.7 Å². The highest BCUT2D eigenvalue weighted by molar-refractivity contribution is 5.96. The smallest absolute Gasteiger partial charge is 0.322 e. The number of nitrogens with one attached hydrogen (secondary N) is 2. The molecule has 0 unspecified atom stereocenters. The Labute approximate surface area is 225 Å². The van der Waals surface area contributed by atoms with Gasteiger partial charge in [0.2, 0.25) is 5.91 Å². The fraction of sp³-hybridized carbons (Fsp3) is 0.414. The molecule has 9 heteroatoms. The second kappa shape index (κ2) is 12.5. The molecule has 2 N–H and O–H groups in total. The summed E-state index contributed by atoms with van der Waals surface area (Å²) >= 11 is 0. The molecule has 3 rings (SSSR count). The molecule has 3 amide bonds. The summed E-state index contributed by atoms with van der Waals surface area (Å²) in [6, 6.07) is 16.0. The van der Waals surface area contributed by atoms with Gasteiger partial charge < -0.3 is 25.0 Å². The van der Waals surface area contributed by atoms with Crippen LogP contribution in [0.1, 0.15) is 46.7 Å². The normalized spacial score (nSPS) is 11.3. The number of benzene rings is 2. The van der Waals surface area contributed by atoms with Crippen molar-refractivity contribution in [2.45, 2.75) is 46.5 Å². The van der Waals surface area contributed by atoms with Crippen LogP contribution >= 0.6 is 0 Å². The summed E-state index contributed by atoms with van der Waals surface area (Å²) in [4.78, 5) is 27.9. The molecule has 1 aromatic heterocycles. The number of hydrogen-bond donors (Lipinski definition) is 2. The highest BCUT2D eigenvalue weighted by atomic mass is 16.5. The Hall–Kier alpha value is -4.01. The SMILES string of the molecule is COc1ccc(NC(=O)N(CCC(C)C)CC(=O)Nc2cc(C(C)(C)C)nn2-c2ccc(OC)cc2)cc1. The zero-order valence-electron chi connectivity index (χ0n) is 23.4. The molecule has 0 spiro atoms. The number of methoxy groups -OCH3 is 2. The summed E-state index contributed by atoms with van der Waals surface area (Å²) in [7, 11) is 3.20. The third kappa shape index (κ3) is 7.74. The summed E-state index contributed by atoms with van der Waals surface area (Å²) < 4.78 is 12.2. The van der Waals surface area contributed by atoms with Crippen molar-refractivity contribution in [3.8, 4) is 17.2 Å². The van der Waals surface area contributed by atoms with Gasteiger partial charge >= 0.3 is 6.03 Å². The number of amides is 3. The maximum atomic E-state index is 13.2. The molecule has 0 aliphatic heterocycles. The molecule has 0 atom stereocenters. The molecule has 204 valence electrons. The van der Waals surface area contributed by atoms with Crippen LogP contribution < -0.4 is 20.1 Å². The van der Waals surface area contributed by atoms with Crippen molar-refractivity contribution in [2.75, 3.05) is 37.9 Å². The average Bonchev–Trinajstić information content (AvgIpc) is 3.31. The summed E-state index contributed by atoms with van der Waals surface area (Å²) in [6.07, 6.45) is 0.765. The number of rotatable bonds is 10. The van der Waals surface area contributed by atoms with Crippen LogP contribution in [-0.2, 0) is 10.2 Å². The minimum atomic E-state index is -0.343. The van der Waals surface area contributed by atoms with E-state index in [0.29, 0.717) is 29.7 Å². The topological polar surface area (TPSA) is 97.7 Å². The lowest BCUT2D eigenvalue weighted by atomic mass is 9.92. The number of nitrogens with zero attached hydrogens (tertiary/aromatic N) is 3. The zero-order chi connectivity index (χ0) is 27.9. The first kappa shape index (κ1) is 28.6. The first-order valence-corrected chi connectivity index (χ1v) is 12.7. The van der Waals surface area contributed by atoms with Gasteiger partial charge in [0, 0.05) is 23.7 Å². The van der Waals surface area contributed by atoms with E-state index >= 15 is 0 Å². The van der Waals surface area contributed by atoms with E-state index in [0.717, 1.165) is 23.6 Å². The molecule has 0 bridgehead atoms. The van der Waals surface area contributed by atoms with Crippen LogP contribution in [0.4, 0.5) is 16.3 Å². The van der Waals surface area contributed by atoms with Gasteiger partial charge in [-0.25, -0.2) is 9.48 Å². The maximum absolute atomic E-state index is 13.2. The monoisotopic (exact) mass is 521 g/mol. The molecule has 0 saturated carbocycles. The number of aromatic nitrogens is 2. The molecule has 0 aliphatic rings. The molecular formula is C29H39N5O4. The van der Waals surface area contributed by atoms with E-state index in [9.17, 15) is 9.59 Å². The predicted molar refractivity (Wildman–Crippen MR) is 150 cm³/mol. The molecule has 0 radical (unpaired) electrons. The molecule has 9 nitrogen and oxygen atoms in total. The standard InChI is InChI=1S/C29H39N5O4/c1-20(2)16-17-33(28(36)30-21-8-12-23(37-6)13-9-21)19-27(35)31-26-18-25(29(3,4)5)32-34(26)22-10-14-24(38-7)15-11-22/h8-15,18,20H,16-17,19H2,1-7H3,(H,30,36)(H,31,35). The first-order valence-electron chi connectivity index (χ1n) is 12.7. The molecule has 0 fully saturated rings. The van der Waals surface area contributed by atoms with Crippen molar-refractivity contribution in [3.05, 3.63) is 60.3 Å². The van der Waals surface area contributed by atoms with Gasteiger partial charge in [-0.1, -0.05) is 34.6 Å². The van der Waals surface area contributed by atoms with E-state index < -0.39 is 0 Å². The van der Waals surface area contributed by atoms with Gasteiger partial charge in [-0.05, 0) is 60.9 Å². The lowest BCUT2D eigenvalue weighted by Gasteiger charge is -2.23. The van der Waals surface area contributed by atoms with E-state index in [2.05, 4.69) is 45.3 Å². The molecule has 2 aromatic carbocycles. The van der Waals surface area contributed by atoms with E-state index in [1.54, 1.807) is 43.2 Å². The van der Waals surface area contributed by atoms with Gasteiger partial charge in [0.05, 0.1) is 25.6 Å². The second-order valence-electron chi connectivity index (χ2n) is 10.6. The molecule has 38 heavy (non-hydrogen) atoms. The number of urea groups is 1. The predicted octanol–water partition coefficient (Wildman–Crippen LogP) is 5.71. The maximum Gasteiger partial charge on any atom is 0.322 e. The molecular weight excluding hydrogens is 482 g/mol. The van der Waals surface area contributed by atoms with Crippen molar-refractivity contribution in [2.24, 2.45) is 5.92 Å². The number of hydrogen-bond acceptors (Lipinski definition) is 5.